The lowest BCUT2D eigenvalue weighted by Gasteiger charge is -2.08. The molecule has 0 aliphatic heterocycles. The summed E-state index contributed by atoms with van der Waals surface area (Å²) in [6.45, 7) is 0. The molecule has 0 amide bonds. The van der Waals surface area contributed by atoms with Crippen molar-refractivity contribution in [2.45, 2.75) is 0 Å². The third kappa shape index (κ3) is 2.86. The lowest BCUT2D eigenvalue weighted by Crippen LogP contribution is -1.96. The van der Waals surface area contributed by atoms with E-state index < -0.39 is 4.92 Å². The van der Waals surface area contributed by atoms with Crippen molar-refractivity contribution in [2.24, 2.45) is 7.05 Å². The van der Waals surface area contributed by atoms with E-state index in [2.05, 4.69) is 15.1 Å². The van der Waals surface area contributed by atoms with Gasteiger partial charge in [0.25, 0.3) is 0 Å². The molecule has 0 radical (unpaired) electrons. The number of fused-ring (bicyclic) bond motifs is 1. The second kappa shape index (κ2) is 6.49. The van der Waals surface area contributed by atoms with Gasteiger partial charge in [0.15, 0.2) is 5.75 Å². The normalized spacial score (nSPS) is 10.9. The van der Waals surface area contributed by atoms with Gasteiger partial charge in [0.2, 0.25) is 0 Å². The zero-order chi connectivity index (χ0) is 19.0. The Hall–Kier alpha value is -3.81. The van der Waals surface area contributed by atoms with E-state index in [1.807, 2.05) is 43.6 Å². The minimum atomic E-state index is -0.476. The van der Waals surface area contributed by atoms with Crippen LogP contribution in [0.1, 0.15) is 0 Å². The molecule has 0 atom stereocenters. The molecule has 0 aliphatic rings. The van der Waals surface area contributed by atoms with Crippen molar-refractivity contribution in [3.05, 3.63) is 65.1 Å². The fourth-order valence-corrected chi connectivity index (χ4v) is 3.06. The smallest absolute Gasteiger partial charge is 0.311 e. The number of methoxy groups -OCH3 is 1. The Morgan fingerprint density at radius 2 is 1.89 bits per heavy atom. The van der Waals surface area contributed by atoms with Crippen molar-refractivity contribution in [1.29, 1.82) is 0 Å². The van der Waals surface area contributed by atoms with Crippen LogP contribution in [0.5, 0.6) is 5.75 Å². The number of rotatable bonds is 4. The summed E-state index contributed by atoms with van der Waals surface area (Å²) in [5.74, 6) is 0.159. The molecule has 0 unspecified atom stereocenters. The molecule has 4 aromatic rings. The second-order valence-electron chi connectivity index (χ2n) is 5.95. The summed E-state index contributed by atoms with van der Waals surface area (Å²) in [7, 11) is 3.22. The summed E-state index contributed by atoms with van der Waals surface area (Å²) in [6, 6.07) is 12.7. The molecule has 0 saturated carbocycles. The molecule has 0 aliphatic carbocycles. The van der Waals surface area contributed by atoms with Gasteiger partial charge in [-0.2, -0.15) is 5.10 Å². The van der Waals surface area contributed by atoms with Crippen LogP contribution in [0.3, 0.4) is 0 Å². The minimum Gasteiger partial charge on any atom is -0.490 e. The van der Waals surface area contributed by atoms with E-state index in [0.717, 1.165) is 16.8 Å². The third-order valence-electron chi connectivity index (χ3n) is 4.26. The Morgan fingerprint density at radius 1 is 1.11 bits per heavy atom. The number of benzene rings is 2. The van der Waals surface area contributed by atoms with Gasteiger partial charge in [-0.1, -0.05) is 30.3 Å². The first-order valence-electron chi connectivity index (χ1n) is 8.15. The molecule has 2 heterocycles. The summed E-state index contributed by atoms with van der Waals surface area (Å²) >= 11 is 0. The van der Waals surface area contributed by atoms with Crippen LogP contribution in [0.4, 0.5) is 5.69 Å². The van der Waals surface area contributed by atoms with E-state index in [-0.39, 0.29) is 11.4 Å². The van der Waals surface area contributed by atoms with E-state index in [9.17, 15) is 10.1 Å². The van der Waals surface area contributed by atoms with Gasteiger partial charge in [-0.05, 0) is 0 Å². The standard InChI is InChI=1S/C19H15N5O3/c1-23-10-14(18(22-23)12-6-4-3-5-7-12)19-13-8-16(24(25)26)17(27-2)9-15(13)20-11-21-19/h3-11H,1-2H3. The van der Waals surface area contributed by atoms with Gasteiger partial charge in [0.05, 0.1) is 23.2 Å². The van der Waals surface area contributed by atoms with Gasteiger partial charge in [0, 0.05) is 41.9 Å². The molecule has 2 aromatic carbocycles. The molecule has 27 heavy (non-hydrogen) atoms. The zero-order valence-corrected chi connectivity index (χ0v) is 14.7. The average Bonchev–Trinajstić information content (AvgIpc) is 3.08. The fourth-order valence-electron chi connectivity index (χ4n) is 3.06. The van der Waals surface area contributed by atoms with Crippen LogP contribution in [0.15, 0.2) is 55.0 Å². The third-order valence-corrected chi connectivity index (χ3v) is 4.26. The molecule has 8 nitrogen and oxygen atoms in total. The average molecular weight is 361 g/mol. The van der Waals surface area contributed by atoms with Crippen LogP contribution >= 0.6 is 0 Å². The van der Waals surface area contributed by atoms with Crippen molar-refractivity contribution in [2.75, 3.05) is 7.11 Å². The summed E-state index contributed by atoms with van der Waals surface area (Å²) < 4.78 is 6.84. The minimum absolute atomic E-state index is 0.133. The molecule has 2 aromatic heterocycles. The van der Waals surface area contributed by atoms with Crippen LogP contribution in [0, 0.1) is 10.1 Å². The SMILES string of the molecule is COc1cc2ncnc(-c3cn(C)nc3-c3ccccc3)c2cc1[N+](=O)[O-]. The van der Waals surface area contributed by atoms with Crippen molar-refractivity contribution >= 4 is 16.6 Å². The van der Waals surface area contributed by atoms with Crippen molar-refractivity contribution in [3.63, 3.8) is 0 Å². The highest BCUT2D eigenvalue weighted by Crippen LogP contribution is 2.37. The first-order chi connectivity index (χ1) is 13.1. The van der Waals surface area contributed by atoms with Crippen molar-refractivity contribution in [1.82, 2.24) is 19.7 Å². The highest BCUT2D eigenvalue weighted by atomic mass is 16.6. The first kappa shape index (κ1) is 16.6. The molecule has 4 rings (SSSR count). The summed E-state index contributed by atoms with van der Waals surface area (Å²) in [4.78, 5) is 19.6. The lowest BCUT2D eigenvalue weighted by atomic mass is 10.0. The number of nitrogens with zero attached hydrogens (tertiary/aromatic N) is 5. The molecule has 0 spiro atoms. The van der Waals surface area contributed by atoms with Gasteiger partial charge in [-0.25, -0.2) is 9.97 Å². The highest BCUT2D eigenvalue weighted by molar-refractivity contribution is 5.97. The van der Waals surface area contributed by atoms with Gasteiger partial charge < -0.3 is 4.74 Å². The first-order valence-corrected chi connectivity index (χ1v) is 8.15. The van der Waals surface area contributed by atoms with Crippen molar-refractivity contribution in [3.8, 4) is 28.3 Å². The summed E-state index contributed by atoms with van der Waals surface area (Å²) in [5.41, 5.74) is 3.46. The molecule has 0 N–H and O–H groups in total. The fraction of sp³-hybridized carbons (Fsp3) is 0.105. The van der Waals surface area contributed by atoms with Crippen LogP contribution in [-0.2, 0) is 7.05 Å². The Bertz CT molecular complexity index is 1150. The molecule has 8 heteroatoms. The molecule has 0 bridgehead atoms. The van der Waals surface area contributed by atoms with Crippen LogP contribution < -0.4 is 4.74 Å². The van der Waals surface area contributed by atoms with Crippen LogP contribution in [0.25, 0.3) is 33.4 Å². The van der Waals surface area contributed by atoms with Gasteiger partial charge in [0.1, 0.15) is 12.0 Å². The van der Waals surface area contributed by atoms with E-state index >= 15 is 0 Å². The lowest BCUT2D eigenvalue weighted by molar-refractivity contribution is -0.385. The number of ether oxygens (including phenoxy) is 1. The topological polar surface area (TPSA) is 96.0 Å². The monoisotopic (exact) mass is 361 g/mol. The Labute approximate surface area is 154 Å². The van der Waals surface area contributed by atoms with Gasteiger partial charge in [-0.3, -0.25) is 14.8 Å². The zero-order valence-electron chi connectivity index (χ0n) is 14.7. The Kier molecular flexibility index (Phi) is 4.00. The maximum absolute atomic E-state index is 11.4. The predicted molar refractivity (Wildman–Crippen MR) is 100 cm³/mol. The van der Waals surface area contributed by atoms with E-state index in [4.69, 9.17) is 4.74 Å². The Balaban J connectivity index is 2.01. The quantitative estimate of drug-likeness (QED) is 0.407. The molecule has 0 fully saturated rings. The number of hydrogen-bond donors (Lipinski definition) is 0. The maximum Gasteiger partial charge on any atom is 0.311 e. The number of nitro benzene ring substituents is 1. The maximum atomic E-state index is 11.4. The number of aryl methyl sites for hydroxylation is 1. The number of hydrogen-bond acceptors (Lipinski definition) is 6. The summed E-state index contributed by atoms with van der Waals surface area (Å²) in [6.07, 6.45) is 3.28. The van der Waals surface area contributed by atoms with Crippen molar-refractivity contribution < 1.29 is 9.66 Å². The Morgan fingerprint density at radius 3 is 2.59 bits per heavy atom. The molecular weight excluding hydrogens is 346 g/mol. The second-order valence-corrected chi connectivity index (χ2v) is 5.95. The number of aromatic nitrogens is 4. The number of nitro groups is 1. The molecule has 0 saturated heterocycles. The largest absolute Gasteiger partial charge is 0.490 e. The van der Waals surface area contributed by atoms with E-state index in [1.165, 1.54) is 19.5 Å². The molecule has 134 valence electrons. The van der Waals surface area contributed by atoms with Crippen LogP contribution in [-0.4, -0.2) is 31.8 Å². The summed E-state index contributed by atoms with van der Waals surface area (Å²) in [5, 5.41) is 16.6. The van der Waals surface area contributed by atoms with Gasteiger partial charge in [-0.15, -0.1) is 0 Å². The molecular formula is C19H15N5O3. The van der Waals surface area contributed by atoms with E-state index in [0.29, 0.717) is 16.6 Å². The highest BCUT2D eigenvalue weighted by Gasteiger charge is 2.21. The predicted octanol–water partition coefficient (Wildman–Crippen LogP) is 3.61. The van der Waals surface area contributed by atoms with E-state index in [1.54, 1.807) is 10.7 Å². The van der Waals surface area contributed by atoms with Crippen LogP contribution in [0.2, 0.25) is 0 Å². The van der Waals surface area contributed by atoms with Gasteiger partial charge >= 0.3 is 5.69 Å².